The number of thioether (sulfide) groups is 1. The lowest BCUT2D eigenvalue weighted by atomic mass is 10.0. The van der Waals surface area contributed by atoms with Crippen LogP contribution in [0.2, 0.25) is 0 Å². The molecule has 1 saturated heterocycles. The number of nitrogens with zero attached hydrogens (tertiary/aromatic N) is 3. The van der Waals surface area contributed by atoms with Gasteiger partial charge in [-0.3, -0.25) is 15.4 Å². The molecule has 1 amide bonds. The predicted octanol–water partition coefficient (Wildman–Crippen LogP) is 3.94. The van der Waals surface area contributed by atoms with Crippen LogP contribution in [0.15, 0.2) is 20.5 Å². The first kappa shape index (κ1) is 24.1. The van der Waals surface area contributed by atoms with E-state index in [1.165, 1.54) is 7.11 Å². The fraction of sp³-hybridized carbons (Fsp3) is 0.714. The number of ether oxygens (including phenoxy) is 2. The third kappa shape index (κ3) is 6.25. The highest BCUT2D eigenvalue weighted by molar-refractivity contribution is 9.11. The first-order valence-electron chi connectivity index (χ1n) is 10.6. The highest BCUT2D eigenvalue weighted by Gasteiger charge is 2.39. The molecule has 0 bridgehead atoms. The summed E-state index contributed by atoms with van der Waals surface area (Å²) in [5.74, 6) is -0.131. The molecule has 4 unspecified atom stereocenters. The van der Waals surface area contributed by atoms with Crippen molar-refractivity contribution in [3.8, 4) is 0 Å². The number of carbonyl (C=O) groups excluding carboxylic acids is 1. The quantitative estimate of drug-likeness (QED) is 0.436. The van der Waals surface area contributed by atoms with E-state index in [0.29, 0.717) is 24.2 Å². The average Bonchev–Trinajstić information content (AvgIpc) is 3.09. The van der Waals surface area contributed by atoms with Crippen molar-refractivity contribution in [1.82, 2.24) is 4.90 Å². The molecule has 3 aliphatic rings. The number of amides is 1. The number of nitrogens with two attached hydrogens (primary N) is 1. The highest BCUT2D eigenvalue weighted by Crippen LogP contribution is 2.40. The van der Waals surface area contributed by atoms with Gasteiger partial charge in [-0.05, 0) is 57.0 Å². The summed E-state index contributed by atoms with van der Waals surface area (Å²) in [4.78, 5) is 23.7. The van der Waals surface area contributed by atoms with E-state index in [-0.39, 0.29) is 23.4 Å². The summed E-state index contributed by atoms with van der Waals surface area (Å²) in [6.07, 6.45) is 5.40. The zero-order valence-electron chi connectivity index (χ0n) is 18.6. The number of carbonyl (C=O) groups is 1. The molecule has 4 atom stereocenters. The van der Waals surface area contributed by atoms with Gasteiger partial charge in [0.25, 0.3) is 0 Å². The van der Waals surface area contributed by atoms with Gasteiger partial charge in [0.2, 0.25) is 0 Å². The van der Waals surface area contributed by atoms with Crippen LogP contribution in [0.5, 0.6) is 0 Å². The molecule has 0 aromatic heterocycles. The molecule has 31 heavy (non-hydrogen) atoms. The van der Waals surface area contributed by atoms with Crippen molar-refractivity contribution in [2.24, 2.45) is 21.6 Å². The van der Waals surface area contributed by atoms with Gasteiger partial charge < -0.3 is 20.1 Å². The fourth-order valence-corrected chi connectivity index (χ4v) is 5.80. The Kier molecular flexibility index (Phi) is 7.72. The standard InChI is InChI=1S/C21H32BrN5O3S/c1-21(2,3)30-20(28)27-9-5-6-13(11-27)25-17(23)16(18(24)29-4)19-26-14-10-12(22)7-8-15(14)31-19/h10,13,15-16,19,24H,5-9,11H2,1-4H3,(H2,23,25). The van der Waals surface area contributed by atoms with Gasteiger partial charge in [0.15, 0.2) is 5.90 Å². The number of hydrogen-bond acceptors (Lipinski definition) is 7. The molecule has 0 radical (unpaired) electrons. The van der Waals surface area contributed by atoms with Crippen molar-refractivity contribution in [2.45, 2.75) is 68.7 Å². The van der Waals surface area contributed by atoms with E-state index in [1.54, 1.807) is 16.7 Å². The lowest BCUT2D eigenvalue weighted by Gasteiger charge is -2.33. The Hall–Kier alpha value is -1.55. The van der Waals surface area contributed by atoms with Crippen LogP contribution in [0.1, 0.15) is 46.5 Å². The number of halogens is 1. The summed E-state index contributed by atoms with van der Waals surface area (Å²) < 4.78 is 11.9. The third-order valence-electron chi connectivity index (χ3n) is 5.35. The Morgan fingerprint density at radius 1 is 1.45 bits per heavy atom. The summed E-state index contributed by atoms with van der Waals surface area (Å²) in [6, 6.07) is -0.135. The summed E-state index contributed by atoms with van der Waals surface area (Å²) in [5, 5.41) is 8.41. The SMILES string of the molecule is COC(=N)C(C(N)=NC1CCCN(C(=O)OC(C)(C)C)C1)C1N=C2C=C(Br)CCC2S1. The molecule has 3 rings (SSSR count). The molecule has 2 heterocycles. The van der Waals surface area contributed by atoms with E-state index in [4.69, 9.17) is 30.6 Å². The zero-order valence-corrected chi connectivity index (χ0v) is 21.0. The highest BCUT2D eigenvalue weighted by atomic mass is 79.9. The molecule has 2 aliphatic heterocycles. The van der Waals surface area contributed by atoms with E-state index < -0.39 is 11.5 Å². The maximum absolute atomic E-state index is 12.5. The molecule has 0 spiro atoms. The Balaban J connectivity index is 1.74. The summed E-state index contributed by atoms with van der Waals surface area (Å²) in [7, 11) is 1.48. The maximum Gasteiger partial charge on any atom is 0.410 e. The number of fused-ring (bicyclic) bond motifs is 1. The second-order valence-electron chi connectivity index (χ2n) is 9.02. The second kappa shape index (κ2) is 9.94. The molecule has 8 nitrogen and oxygen atoms in total. The van der Waals surface area contributed by atoms with Crippen molar-refractivity contribution in [1.29, 1.82) is 5.41 Å². The number of methoxy groups -OCH3 is 1. The lowest BCUT2D eigenvalue weighted by Crippen LogP contribution is -2.45. The van der Waals surface area contributed by atoms with Crippen LogP contribution in [0.3, 0.4) is 0 Å². The monoisotopic (exact) mass is 513 g/mol. The summed E-state index contributed by atoms with van der Waals surface area (Å²) >= 11 is 5.28. The number of amidine groups is 1. The van der Waals surface area contributed by atoms with E-state index in [0.717, 1.165) is 35.9 Å². The number of allylic oxidation sites excluding steroid dienone is 2. The normalized spacial score (nSPS) is 27.7. The molecule has 0 aromatic rings. The van der Waals surface area contributed by atoms with Gasteiger partial charge in [0, 0.05) is 18.3 Å². The lowest BCUT2D eigenvalue weighted by molar-refractivity contribution is 0.0201. The Labute approximate surface area is 196 Å². The second-order valence-corrected chi connectivity index (χ2v) is 11.4. The molecule has 1 aliphatic carbocycles. The fourth-order valence-electron chi connectivity index (χ4n) is 3.88. The van der Waals surface area contributed by atoms with Crippen molar-refractivity contribution in [2.75, 3.05) is 20.2 Å². The Morgan fingerprint density at radius 2 is 2.19 bits per heavy atom. The van der Waals surface area contributed by atoms with Crippen LogP contribution in [0.4, 0.5) is 4.79 Å². The number of nitrogens with one attached hydrogen (secondary N) is 1. The molecule has 1 fully saturated rings. The van der Waals surface area contributed by atoms with Gasteiger partial charge in [0.1, 0.15) is 22.7 Å². The largest absolute Gasteiger partial charge is 0.484 e. The Morgan fingerprint density at radius 3 is 2.87 bits per heavy atom. The van der Waals surface area contributed by atoms with Gasteiger partial charge in [-0.2, -0.15) is 0 Å². The smallest absolute Gasteiger partial charge is 0.410 e. The molecule has 10 heteroatoms. The van der Waals surface area contributed by atoms with Crippen molar-refractivity contribution >= 4 is 51.2 Å². The van der Waals surface area contributed by atoms with E-state index in [9.17, 15) is 4.79 Å². The first-order valence-corrected chi connectivity index (χ1v) is 12.3. The van der Waals surface area contributed by atoms with Gasteiger partial charge in [-0.15, -0.1) is 11.8 Å². The number of rotatable bonds is 4. The van der Waals surface area contributed by atoms with Crippen LogP contribution < -0.4 is 5.73 Å². The van der Waals surface area contributed by atoms with Crippen LogP contribution in [0.25, 0.3) is 0 Å². The molecule has 0 aromatic carbocycles. The number of piperidine rings is 1. The van der Waals surface area contributed by atoms with Crippen LogP contribution in [-0.4, -0.2) is 70.9 Å². The zero-order chi connectivity index (χ0) is 22.8. The van der Waals surface area contributed by atoms with E-state index in [2.05, 4.69) is 22.0 Å². The number of hydrogen-bond donors (Lipinski definition) is 2. The van der Waals surface area contributed by atoms with Gasteiger partial charge in [-0.25, -0.2) is 4.79 Å². The molecule has 3 N–H and O–H groups in total. The third-order valence-corrected chi connectivity index (χ3v) is 7.43. The minimum absolute atomic E-state index is 0.0598. The first-order chi connectivity index (χ1) is 14.6. The van der Waals surface area contributed by atoms with Crippen molar-refractivity contribution in [3.63, 3.8) is 0 Å². The molecule has 0 saturated carbocycles. The minimum atomic E-state index is -0.538. The van der Waals surface area contributed by atoms with E-state index >= 15 is 0 Å². The Bertz CT molecular complexity index is 807. The topological polar surface area (TPSA) is 113 Å². The van der Waals surface area contributed by atoms with Crippen LogP contribution >= 0.6 is 27.7 Å². The summed E-state index contributed by atoms with van der Waals surface area (Å²) in [5.41, 5.74) is 6.93. The maximum atomic E-state index is 12.5. The average molecular weight is 514 g/mol. The molecule has 172 valence electrons. The van der Waals surface area contributed by atoms with E-state index in [1.807, 2.05) is 20.8 Å². The number of aliphatic imine (C=N–C) groups is 2. The minimum Gasteiger partial charge on any atom is -0.484 e. The molecular formula is C21H32BrN5O3S. The number of likely N-dealkylation sites (tertiary alicyclic amines) is 1. The molecular weight excluding hydrogens is 482 g/mol. The van der Waals surface area contributed by atoms with Crippen molar-refractivity contribution in [3.05, 3.63) is 10.6 Å². The van der Waals surface area contributed by atoms with Gasteiger partial charge in [-0.1, -0.05) is 15.9 Å². The van der Waals surface area contributed by atoms with Crippen LogP contribution in [-0.2, 0) is 9.47 Å². The summed E-state index contributed by atoms with van der Waals surface area (Å²) in [6.45, 7) is 6.67. The predicted molar refractivity (Wildman–Crippen MR) is 130 cm³/mol. The van der Waals surface area contributed by atoms with Gasteiger partial charge >= 0.3 is 6.09 Å². The van der Waals surface area contributed by atoms with Crippen LogP contribution in [0, 0.1) is 11.3 Å². The van der Waals surface area contributed by atoms with Crippen molar-refractivity contribution < 1.29 is 14.3 Å². The van der Waals surface area contributed by atoms with Gasteiger partial charge in [0.05, 0.1) is 18.9 Å².